The van der Waals surface area contributed by atoms with E-state index in [4.69, 9.17) is 10.00 Å². The van der Waals surface area contributed by atoms with Gasteiger partial charge in [0.25, 0.3) is 0 Å². The number of benzene rings is 1. The fraction of sp³-hybridized carbons (Fsp3) is 0.429. The van der Waals surface area contributed by atoms with Crippen molar-refractivity contribution in [2.45, 2.75) is 32.4 Å². The van der Waals surface area contributed by atoms with Gasteiger partial charge in [0.15, 0.2) is 0 Å². The third-order valence-corrected chi connectivity index (χ3v) is 3.18. The lowest BCUT2D eigenvalue weighted by Gasteiger charge is -2.14. The molecule has 1 rings (SSSR count). The number of hydrogen-bond acceptors (Lipinski definition) is 3. The van der Waals surface area contributed by atoms with Gasteiger partial charge in [0, 0.05) is 4.47 Å². The summed E-state index contributed by atoms with van der Waals surface area (Å²) in [6.45, 7) is 3.87. The molecular weight excluding hydrogens is 308 g/mol. The highest BCUT2D eigenvalue weighted by atomic mass is 79.9. The van der Waals surface area contributed by atoms with Crippen LogP contribution in [-0.4, -0.2) is 18.6 Å². The van der Waals surface area contributed by atoms with Gasteiger partial charge in [-0.25, -0.2) is 0 Å². The Bertz CT molecular complexity index is 471. The molecule has 0 bridgehead atoms. The summed E-state index contributed by atoms with van der Waals surface area (Å²) >= 11 is 3.34. The highest BCUT2D eigenvalue weighted by molar-refractivity contribution is 9.10. The van der Waals surface area contributed by atoms with Crippen LogP contribution in [0.25, 0.3) is 0 Å². The van der Waals surface area contributed by atoms with Crippen molar-refractivity contribution in [1.29, 1.82) is 5.26 Å². The van der Waals surface area contributed by atoms with Gasteiger partial charge in [-0.1, -0.05) is 35.0 Å². The van der Waals surface area contributed by atoms with E-state index in [1.165, 1.54) is 0 Å². The summed E-state index contributed by atoms with van der Waals surface area (Å²) < 4.78 is 6.20. The standard InChI is InChI=1S/C14H17BrN2O2/c1-3-10(2)19-9-14(18)17-13(8-16)11-5-4-6-12(15)7-11/h4-7,10,13H,3,9H2,1-2H3,(H,17,18)/t10-,13-/m0/s1. The van der Waals surface area contributed by atoms with Crippen molar-refractivity contribution < 1.29 is 9.53 Å². The molecule has 0 aliphatic heterocycles. The van der Waals surface area contributed by atoms with Gasteiger partial charge >= 0.3 is 0 Å². The second-order valence-corrected chi connectivity index (χ2v) is 5.13. The number of amides is 1. The normalized spacial score (nSPS) is 13.4. The van der Waals surface area contributed by atoms with Crippen molar-refractivity contribution in [3.05, 3.63) is 34.3 Å². The van der Waals surface area contributed by atoms with E-state index in [1.54, 1.807) is 6.07 Å². The maximum absolute atomic E-state index is 11.7. The van der Waals surface area contributed by atoms with Crippen LogP contribution in [0.1, 0.15) is 31.9 Å². The van der Waals surface area contributed by atoms with Gasteiger partial charge in [0.2, 0.25) is 5.91 Å². The lowest BCUT2D eigenvalue weighted by molar-refractivity contribution is -0.127. The van der Waals surface area contributed by atoms with E-state index in [1.807, 2.05) is 32.0 Å². The summed E-state index contributed by atoms with van der Waals surface area (Å²) in [6, 6.07) is 8.71. The van der Waals surface area contributed by atoms with Gasteiger partial charge in [-0.3, -0.25) is 4.79 Å². The lowest BCUT2D eigenvalue weighted by Crippen LogP contribution is -2.32. The van der Waals surface area contributed by atoms with E-state index in [-0.39, 0.29) is 18.6 Å². The minimum atomic E-state index is -0.662. The Hall–Kier alpha value is -1.38. The van der Waals surface area contributed by atoms with E-state index in [0.717, 1.165) is 16.5 Å². The van der Waals surface area contributed by atoms with Crippen molar-refractivity contribution in [3.63, 3.8) is 0 Å². The van der Waals surface area contributed by atoms with Crippen molar-refractivity contribution >= 4 is 21.8 Å². The van der Waals surface area contributed by atoms with E-state index in [9.17, 15) is 4.79 Å². The lowest BCUT2D eigenvalue weighted by atomic mass is 10.1. The molecule has 102 valence electrons. The summed E-state index contributed by atoms with van der Waals surface area (Å²) in [4.78, 5) is 11.7. The quantitative estimate of drug-likeness (QED) is 0.875. The minimum Gasteiger partial charge on any atom is -0.369 e. The van der Waals surface area contributed by atoms with E-state index in [0.29, 0.717) is 0 Å². The largest absolute Gasteiger partial charge is 0.369 e. The predicted molar refractivity (Wildman–Crippen MR) is 76.3 cm³/mol. The molecule has 1 aromatic carbocycles. The third kappa shape index (κ3) is 5.41. The van der Waals surface area contributed by atoms with Crippen LogP contribution in [-0.2, 0) is 9.53 Å². The average Bonchev–Trinajstić information content (AvgIpc) is 2.42. The zero-order chi connectivity index (χ0) is 14.3. The first-order chi connectivity index (χ1) is 9.06. The maximum Gasteiger partial charge on any atom is 0.247 e. The van der Waals surface area contributed by atoms with Crippen LogP contribution < -0.4 is 5.32 Å². The predicted octanol–water partition coefficient (Wildman–Crippen LogP) is 2.95. The van der Waals surface area contributed by atoms with Crippen LogP contribution in [0, 0.1) is 11.3 Å². The number of hydrogen-bond donors (Lipinski definition) is 1. The van der Waals surface area contributed by atoms with Crippen LogP contribution in [0.4, 0.5) is 0 Å². The molecule has 19 heavy (non-hydrogen) atoms. The second-order valence-electron chi connectivity index (χ2n) is 4.21. The first-order valence-corrected chi connectivity index (χ1v) is 6.92. The minimum absolute atomic E-state index is 0.0266. The molecule has 0 fully saturated rings. The van der Waals surface area contributed by atoms with Crippen molar-refractivity contribution in [3.8, 4) is 6.07 Å². The first-order valence-electron chi connectivity index (χ1n) is 6.12. The summed E-state index contributed by atoms with van der Waals surface area (Å²) in [6.07, 6.45) is 0.887. The average molecular weight is 325 g/mol. The molecular formula is C14H17BrN2O2. The highest BCUT2D eigenvalue weighted by Gasteiger charge is 2.14. The Labute approximate surface area is 121 Å². The maximum atomic E-state index is 11.7. The highest BCUT2D eigenvalue weighted by Crippen LogP contribution is 2.17. The molecule has 0 saturated heterocycles. The van der Waals surface area contributed by atoms with Crippen LogP contribution >= 0.6 is 15.9 Å². The molecule has 1 aromatic rings. The molecule has 0 unspecified atom stereocenters. The third-order valence-electron chi connectivity index (χ3n) is 2.69. The summed E-state index contributed by atoms with van der Waals surface area (Å²) in [5, 5.41) is 11.8. The zero-order valence-corrected chi connectivity index (χ0v) is 12.6. The zero-order valence-electron chi connectivity index (χ0n) is 11.0. The molecule has 0 saturated carbocycles. The number of nitrogens with zero attached hydrogens (tertiary/aromatic N) is 1. The van der Waals surface area contributed by atoms with Crippen LogP contribution in [0.3, 0.4) is 0 Å². The Morgan fingerprint density at radius 3 is 2.89 bits per heavy atom. The van der Waals surface area contributed by atoms with Gasteiger partial charge in [0.05, 0.1) is 12.2 Å². The van der Waals surface area contributed by atoms with Gasteiger partial charge in [0.1, 0.15) is 12.6 Å². The van der Waals surface area contributed by atoms with Gasteiger partial charge in [-0.15, -0.1) is 0 Å². The van der Waals surface area contributed by atoms with Crippen molar-refractivity contribution in [2.24, 2.45) is 0 Å². The van der Waals surface area contributed by atoms with Crippen molar-refractivity contribution in [2.75, 3.05) is 6.61 Å². The van der Waals surface area contributed by atoms with Crippen LogP contribution in [0.2, 0.25) is 0 Å². The molecule has 0 spiro atoms. The fourth-order valence-electron chi connectivity index (χ4n) is 1.41. The number of nitriles is 1. The van der Waals surface area contributed by atoms with E-state index in [2.05, 4.69) is 27.3 Å². The molecule has 5 heteroatoms. The summed E-state index contributed by atoms with van der Waals surface area (Å²) in [5.41, 5.74) is 0.744. The molecule has 1 amide bonds. The smallest absolute Gasteiger partial charge is 0.247 e. The molecule has 0 aromatic heterocycles. The number of carbonyl (C=O) groups excluding carboxylic acids is 1. The fourth-order valence-corrected chi connectivity index (χ4v) is 1.83. The Morgan fingerprint density at radius 2 is 2.32 bits per heavy atom. The number of carbonyl (C=O) groups is 1. The van der Waals surface area contributed by atoms with Crippen molar-refractivity contribution in [1.82, 2.24) is 5.32 Å². The Balaban J connectivity index is 2.58. The van der Waals surface area contributed by atoms with E-state index >= 15 is 0 Å². The van der Waals surface area contributed by atoms with Crippen LogP contribution in [0.15, 0.2) is 28.7 Å². The molecule has 1 N–H and O–H groups in total. The Morgan fingerprint density at radius 1 is 1.58 bits per heavy atom. The monoisotopic (exact) mass is 324 g/mol. The summed E-state index contributed by atoms with van der Waals surface area (Å²) in [7, 11) is 0. The second kappa shape index (κ2) is 7.93. The molecule has 0 heterocycles. The molecule has 0 aliphatic rings. The Kier molecular flexibility index (Phi) is 6.54. The summed E-state index contributed by atoms with van der Waals surface area (Å²) in [5.74, 6) is -0.285. The molecule has 0 radical (unpaired) electrons. The number of nitrogens with one attached hydrogen (secondary N) is 1. The van der Waals surface area contributed by atoms with E-state index < -0.39 is 6.04 Å². The van der Waals surface area contributed by atoms with Gasteiger partial charge in [-0.05, 0) is 31.0 Å². The number of ether oxygens (including phenoxy) is 1. The number of rotatable bonds is 6. The van der Waals surface area contributed by atoms with Gasteiger partial charge in [-0.2, -0.15) is 5.26 Å². The number of halogens is 1. The topological polar surface area (TPSA) is 62.1 Å². The molecule has 2 atom stereocenters. The van der Waals surface area contributed by atoms with Gasteiger partial charge < -0.3 is 10.1 Å². The SMILES string of the molecule is CC[C@H](C)OCC(=O)N[C@@H](C#N)c1cccc(Br)c1. The molecule has 4 nitrogen and oxygen atoms in total. The van der Waals surface area contributed by atoms with Crippen LogP contribution in [0.5, 0.6) is 0 Å². The molecule has 0 aliphatic carbocycles. The first kappa shape index (κ1) is 15.7.